The fourth-order valence-electron chi connectivity index (χ4n) is 3.13. The van der Waals surface area contributed by atoms with Crippen LogP contribution in [0.2, 0.25) is 0 Å². The average Bonchev–Trinajstić information content (AvgIpc) is 3.29. The Labute approximate surface area is 149 Å². The molecule has 2 aliphatic heterocycles. The van der Waals surface area contributed by atoms with E-state index in [2.05, 4.69) is 15.7 Å². The molecular formula is C17H19N5O2S. The van der Waals surface area contributed by atoms with Gasteiger partial charge in [0.2, 0.25) is 11.8 Å². The van der Waals surface area contributed by atoms with E-state index >= 15 is 0 Å². The summed E-state index contributed by atoms with van der Waals surface area (Å²) in [5, 5.41) is 10.5. The summed E-state index contributed by atoms with van der Waals surface area (Å²) >= 11 is 1.50. The Morgan fingerprint density at radius 2 is 2.24 bits per heavy atom. The average molecular weight is 357 g/mol. The number of hydrogen-bond acceptors (Lipinski definition) is 5. The summed E-state index contributed by atoms with van der Waals surface area (Å²) in [5.41, 5.74) is 0.793. The second-order valence-electron chi connectivity index (χ2n) is 6.11. The topological polar surface area (TPSA) is 79.3 Å². The molecule has 0 radical (unpaired) electrons. The van der Waals surface area contributed by atoms with Crippen LogP contribution < -0.4 is 15.5 Å². The van der Waals surface area contributed by atoms with Crippen molar-refractivity contribution in [1.82, 2.24) is 15.1 Å². The molecule has 0 spiro atoms. The number of carbonyl (C=O) groups excluding carboxylic acids is 2. The number of rotatable bonds is 4. The van der Waals surface area contributed by atoms with Gasteiger partial charge in [-0.2, -0.15) is 5.10 Å². The van der Waals surface area contributed by atoms with Gasteiger partial charge in [-0.05, 0) is 25.1 Å². The van der Waals surface area contributed by atoms with Crippen LogP contribution in [0.15, 0.2) is 41.4 Å². The minimum atomic E-state index is -0.246. The number of thioether (sulfide) groups is 1. The number of hydrogen-bond donors (Lipinski definition) is 2. The molecule has 1 aromatic carbocycles. The van der Waals surface area contributed by atoms with E-state index in [-0.39, 0.29) is 18.4 Å². The molecule has 7 nitrogen and oxygen atoms in total. The van der Waals surface area contributed by atoms with Gasteiger partial charge in [0, 0.05) is 23.7 Å². The van der Waals surface area contributed by atoms with Crippen LogP contribution in [0.4, 0.5) is 11.5 Å². The van der Waals surface area contributed by atoms with Gasteiger partial charge in [0.1, 0.15) is 6.54 Å². The third-order valence-corrected chi connectivity index (χ3v) is 5.44. The number of fused-ring (bicyclic) bond motifs is 1. The SMILES string of the molecule is O=C(CN1C(=O)CSc2ccccc21)Nc1ccn(C2CCNC2)n1. The van der Waals surface area contributed by atoms with Gasteiger partial charge in [-0.3, -0.25) is 14.3 Å². The predicted molar refractivity (Wildman–Crippen MR) is 96.9 cm³/mol. The highest BCUT2D eigenvalue weighted by Gasteiger charge is 2.26. The van der Waals surface area contributed by atoms with E-state index < -0.39 is 0 Å². The van der Waals surface area contributed by atoms with Gasteiger partial charge in [0.15, 0.2) is 5.82 Å². The minimum Gasteiger partial charge on any atom is -0.315 e. The molecule has 25 heavy (non-hydrogen) atoms. The number of amides is 2. The van der Waals surface area contributed by atoms with Crippen LogP contribution in [-0.4, -0.2) is 47.0 Å². The Hall–Kier alpha value is -2.32. The Morgan fingerprint density at radius 1 is 1.36 bits per heavy atom. The highest BCUT2D eigenvalue weighted by atomic mass is 32.2. The van der Waals surface area contributed by atoms with E-state index in [0.717, 1.165) is 30.1 Å². The van der Waals surface area contributed by atoms with Crippen molar-refractivity contribution in [2.45, 2.75) is 17.4 Å². The molecule has 2 aliphatic rings. The minimum absolute atomic E-state index is 0.00570. The van der Waals surface area contributed by atoms with E-state index in [0.29, 0.717) is 17.6 Å². The maximum absolute atomic E-state index is 12.4. The Balaban J connectivity index is 1.43. The van der Waals surface area contributed by atoms with E-state index in [4.69, 9.17) is 0 Å². The molecular weight excluding hydrogens is 338 g/mol. The third-order valence-electron chi connectivity index (χ3n) is 4.39. The molecule has 4 rings (SSSR count). The van der Waals surface area contributed by atoms with E-state index in [1.165, 1.54) is 11.8 Å². The molecule has 0 bridgehead atoms. The van der Waals surface area contributed by atoms with Crippen LogP contribution in [0.3, 0.4) is 0 Å². The van der Waals surface area contributed by atoms with Crippen molar-refractivity contribution in [3.05, 3.63) is 36.5 Å². The molecule has 1 unspecified atom stereocenters. The normalized spacial score (nSPS) is 19.8. The molecule has 2 aromatic rings. The van der Waals surface area contributed by atoms with Crippen molar-refractivity contribution in [3.63, 3.8) is 0 Å². The molecule has 2 N–H and O–H groups in total. The van der Waals surface area contributed by atoms with Gasteiger partial charge in [-0.25, -0.2) is 0 Å². The lowest BCUT2D eigenvalue weighted by atomic mass is 10.2. The molecule has 130 valence electrons. The zero-order chi connectivity index (χ0) is 17.2. The van der Waals surface area contributed by atoms with E-state index in [1.54, 1.807) is 11.0 Å². The first-order chi connectivity index (χ1) is 12.2. The smallest absolute Gasteiger partial charge is 0.245 e. The molecule has 0 aliphatic carbocycles. The van der Waals surface area contributed by atoms with Gasteiger partial charge in [0.25, 0.3) is 0 Å². The molecule has 1 aromatic heterocycles. The highest BCUT2D eigenvalue weighted by Crippen LogP contribution is 2.34. The lowest BCUT2D eigenvalue weighted by Gasteiger charge is -2.28. The zero-order valence-electron chi connectivity index (χ0n) is 13.6. The summed E-state index contributed by atoms with van der Waals surface area (Å²) in [6, 6.07) is 9.77. The first-order valence-corrected chi connectivity index (χ1v) is 9.27. The lowest BCUT2D eigenvalue weighted by Crippen LogP contribution is -2.41. The van der Waals surface area contributed by atoms with Crippen LogP contribution in [-0.2, 0) is 9.59 Å². The predicted octanol–water partition coefficient (Wildman–Crippen LogP) is 1.49. The molecule has 8 heteroatoms. The summed E-state index contributed by atoms with van der Waals surface area (Å²) in [6.07, 6.45) is 2.91. The quantitative estimate of drug-likeness (QED) is 0.867. The van der Waals surface area contributed by atoms with Crippen molar-refractivity contribution in [1.29, 1.82) is 0 Å². The summed E-state index contributed by atoms with van der Waals surface area (Å²) in [4.78, 5) is 27.2. The van der Waals surface area contributed by atoms with Gasteiger partial charge in [-0.15, -0.1) is 11.8 Å². The molecule has 1 fully saturated rings. The highest BCUT2D eigenvalue weighted by molar-refractivity contribution is 8.00. The number of nitrogens with one attached hydrogen (secondary N) is 2. The van der Waals surface area contributed by atoms with Gasteiger partial charge in [-0.1, -0.05) is 12.1 Å². The number of para-hydroxylation sites is 1. The Bertz CT molecular complexity index is 800. The number of benzene rings is 1. The summed E-state index contributed by atoms with van der Waals surface area (Å²) in [5.74, 6) is 0.573. The van der Waals surface area contributed by atoms with Crippen molar-refractivity contribution >= 4 is 35.1 Å². The van der Waals surface area contributed by atoms with Gasteiger partial charge >= 0.3 is 0 Å². The maximum atomic E-state index is 12.4. The summed E-state index contributed by atoms with van der Waals surface area (Å²) in [7, 11) is 0. The zero-order valence-corrected chi connectivity index (χ0v) is 14.5. The number of anilines is 2. The van der Waals surface area contributed by atoms with Crippen LogP contribution in [0, 0.1) is 0 Å². The number of carbonyl (C=O) groups is 2. The van der Waals surface area contributed by atoms with E-state index in [1.807, 2.05) is 35.1 Å². The van der Waals surface area contributed by atoms with Crippen LogP contribution in [0.1, 0.15) is 12.5 Å². The van der Waals surface area contributed by atoms with Crippen molar-refractivity contribution in [2.24, 2.45) is 0 Å². The van der Waals surface area contributed by atoms with Gasteiger partial charge < -0.3 is 15.5 Å². The number of aromatic nitrogens is 2. The Morgan fingerprint density at radius 3 is 3.08 bits per heavy atom. The first kappa shape index (κ1) is 16.2. The van der Waals surface area contributed by atoms with Crippen LogP contribution in [0.5, 0.6) is 0 Å². The summed E-state index contributed by atoms with van der Waals surface area (Å²) < 4.78 is 1.88. The van der Waals surface area contributed by atoms with Crippen LogP contribution in [0.25, 0.3) is 0 Å². The largest absolute Gasteiger partial charge is 0.315 e. The van der Waals surface area contributed by atoms with Crippen molar-refractivity contribution in [2.75, 3.05) is 35.6 Å². The first-order valence-electron chi connectivity index (χ1n) is 8.28. The fraction of sp³-hybridized carbons (Fsp3) is 0.353. The fourth-order valence-corrected chi connectivity index (χ4v) is 4.06. The van der Waals surface area contributed by atoms with Crippen molar-refractivity contribution in [3.8, 4) is 0 Å². The maximum Gasteiger partial charge on any atom is 0.245 e. The lowest BCUT2D eigenvalue weighted by molar-refractivity contribution is -0.120. The molecule has 3 heterocycles. The van der Waals surface area contributed by atoms with E-state index in [9.17, 15) is 9.59 Å². The molecule has 2 amide bonds. The molecule has 1 saturated heterocycles. The monoisotopic (exact) mass is 357 g/mol. The number of nitrogens with zero attached hydrogens (tertiary/aromatic N) is 3. The summed E-state index contributed by atoms with van der Waals surface area (Å²) in [6.45, 7) is 1.88. The van der Waals surface area contributed by atoms with Crippen LogP contribution >= 0.6 is 11.8 Å². The Kier molecular flexibility index (Phi) is 4.46. The molecule has 0 saturated carbocycles. The standard InChI is InChI=1S/C17H19N5O2S/c23-16(19-15-6-8-22(20-15)12-5-7-18-9-12)10-21-13-3-1-2-4-14(13)25-11-17(21)24/h1-4,6,8,12,18H,5,7,9-11H2,(H,19,20,23). The van der Waals surface area contributed by atoms with Crippen molar-refractivity contribution < 1.29 is 9.59 Å². The molecule has 1 atom stereocenters. The third kappa shape index (κ3) is 3.40. The second-order valence-corrected chi connectivity index (χ2v) is 7.13. The second kappa shape index (κ2) is 6.89. The van der Waals surface area contributed by atoms with Gasteiger partial charge in [0.05, 0.1) is 17.5 Å².